The Morgan fingerprint density at radius 3 is 0.840 bits per heavy atom. The number of rotatable bonds is 74. The maximum absolute atomic E-state index is 13.1. The van der Waals surface area contributed by atoms with Gasteiger partial charge in [-0.3, -0.25) is 37.3 Å². The van der Waals surface area contributed by atoms with Gasteiger partial charge in [-0.1, -0.05) is 307 Å². The quantitative estimate of drug-likeness (QED) is 0.0169. The molecular formula is C87H142O17P2. The van der Waals surface area contributed by atoms with E-state index in [9.17, 15) is 43.2 Å². The Balaban J connectivity index is 5.49. The third-order valence-electron chi connectivity index (χ3n) is 16.2. The van der Waals surface area contributed by atoms with Gasteiger partial charge >= 0.3 is 39.5 Å². The van der Waals surface area contributed by atoms with Crippen molar-refractivity contribution in [3.8, 4) is 0 Å². The number of ether oxygens (including phenoxy) is 4. The number of esters is 4. The Kier molecular flexibility index (Phi) is 73.5. The number of hydrogen-bond donors (Lipinski definition) is 3. The first-order valence-electron chi connectivity index (χ1n) is 40.4. The number of allylic oxidation sites excluding steroid dienone is 28. The van der Waals surface area contributed by atoms with Gasteiger partial charge in [-0.15, -0.1) is 0 Å². The van der Waals surface area contributed by atoms with E-state index in [4.69, 9.17) is 37.0 Å². The smallest absolute Gasteiger partial charge is 0.462 e. The van der Waals surface area contributed by atoms with Crippen LogP contribution in [0.2, 0.25) is 0 Å². The van der Waals surface area contributed by atoms with E-state index >= 15 is 0 Å². The Morgan fingerprint density at radius 1 is 0.274 bits per heavy atom. The van der Waals surface area contributed by atoms with E-state index in [1.54, 1.807) is 0 Å². The van der Waals surface area contributed by atoms with E-state index in [2.05, 4.69) is 167 Å². The molecule has 5 atom stereocenters. The van der Waals surface area contributed by atoms with E-state index in [-0.39, 0.29) is 25.7 Å². The van der Waals surface area contributed by atoms with Gasteiger partial charge in [0, 0.05) is 25.7 Å². The molecule has 0 aliphatic carbocycles. The fourth-order valence-electron chi connectivity index (χ4n) is 10.2. The molecule has 17 nitrogen and oxygen atoms in total. The molecule has 0 aromatic heterocycles. The Bertz CT molecular complexity index is 2680. The first-order chi connectivity index (χ1) is 51.7. The summed E-state index contributed by atoms with van der Waals surface area (Å²) in [6, 6.07) is 0. The topological polar surface area (TPSA) is 237 Å². The fraction of sp³-hybridized carbons (Fsp3) is 0.632. The molecule has 0 fully saturated rings. The molecule has 0 aromatic carbocycles. The van der Waals surface area contributed by atoms with Crippen molar-refractivity contribution in [1.29, 1.82) is 0 Å². The highest BCUT2D eigenvalue weighted by Gasteiger charge is 2.30. The predicted molar refractivity (Wildman–Crippen MR) is 436 cm³/mol. The zero-order valence-corrected chi connectivity index (χ0v) is 67.6. The summed E-state index contributed by atoms with van der Waals surface area (Å²) in [4.78, 5) is 73.0. The van der Waals surface area contributed by atoms with Crippen molar-refractivity contribution in [1.82, 2.24) is 0 Å². The van der Waals surface area contributed by atoms with Crippen LogP contribution in [0.3, 0.4) is 0 Å². The van der Waals surface area contributed by atoms with Crippen LogP contribution < -0.4 is 0 Å². The number of aliphatic hydroxyl groups is 1. The summed E-state index contributed by atoms with van der Waals surface area (Å²) in [6.07, 6.45) is 92.1. The van der Waals surface area contributed by atoms with Crippen LogP contribution in [0.5, 0.6) is 0 Å². The van der Waals surface area contributed by atoms with E-state index < -0.39 is 97.5 Å². The van der Waals surface area contributed by atoms with Gasteiger partial charge in [0.05, 0.1) is 26.4 Å². The van der Waals surface area contributed by atoms with Crippen LogP contribution >= 0.6 is 15.6 Å². The van der Waals surface area contributed by atoms with Crippen LogP contribution in [0, 0.1) is 0 Å². The summed E-state index contributed by atoms with van der Waals surface area (Å²) in [6.45, 7) is 4.37. The second kappa shape index (κ2) is 77.6. The summed E-state index contributed by atoms with van der Waals surface area (Å²) in [5.74, 6) is -2.36. The molecule has 0 aliphatic rings. The number of aliphatic hydroxyl groups excluding tert-OH is 1. The molecule has 0 aliphatic heterocycles. The van der Waals surface area contributed by atoms with Crippen molar-refractivity contribution >= 4 is 39.5 Å². The van der Waals surface area contributed by atoms with Gasteiger partial charge in [-0.25, -0.2) is 9.13 Å². The van der Waals surface area contributed by atoms with Crippen molar-refractivity contribution in [3.05, 3.63) is 170 Å². The fourth-order valence-corrected chi connectivity index (χ4v) is 11.8. The second-order valence-electron chi connectivity index (χ2n) is 26.2. The minimum atomic E-state index is -5.01. The van der Waals surface area contributed by atoms with E-state index in [1.165, 1.54) is 51.4 Å². The molecule has 0 saturated carbocycles. The van der Waals surface area contributed by atoms with Crippen molar-refractivity contribution in [2.24, 2.45) is 0 Å². The summed E-state index contributed by atoms with van der Waals surface area (Å²) in [7, 11) is -10.0. The first kappa shape index (κ1) is 100. The highest BCUT2D eigenvalue weighted by atomic mass is 31.2. The number of hydrogen-bond acceptors (Lipinski definition) is 15. The Hall–Kier alpha value is -5.58. The van der Waals surface area contributed by atoms with Crippen LogP contribution in [-0.2, 0) is 65.4 Å². The molecule has 5 unspecified atom stereocenters. The second-order valence-corrected chi connectivity index (χ2v) is 29.1. The molecule has 106 heavy (non-hydrogen) atoms. The molecule has 19 heteroatoms. The zero-order valence-electron chi connectivity index (χ0n) is 65.8. The minimum Gasteiger partial charge on any atom is -0.462 e. The Morgan fingerprint density at radius 2 is 0.519 bits per heavy atom. The molecule has 0 saturated heterocycles. The number of phosphoric acid groups is 2. The SMILES string of the molecule is CC/C=C\C/C=C\C/C=C\C/C=C\C/C=C\C/C=C\CCC(=O)OCC(COP(=O)(O)OCC(O)COP(=O)(O)OCC(COC(=O)CCC/C=C\C/C=C\C/C=C\C/C=C\C/C=C\CC)OC(=O)CCCCCCCCCCCCCCC)OC(=O)CCCCCCCCC/C=C\C/C=C\C/C=C\CC. The predicted octanol–water partition coefficient (Wildman–Crippen LogP) is 23.8. The highest BCUT2D eigenvalue weighted by Crippen LogP contribution is 2.45. The lowest BCUT2D eigenvalue weighted by atomic mass is 10.0. The minimum absolute atomic E-state index is 0.0275. The molecule has 0 aromatic rings. The molecule has 0 bridgehead atoms. The molecule has 0 radical (unpaired) electrons. The summed E-state index contributed by atoms with van der Waals surface area (Å²) >= 11 is 0. The Labute approximate surface area is 642 Å². The zero-order chi connectivity index (χ0) is 77.4. The molecule has 0 rings (SSSR count). The molecule has 0 amide bonds. The van der Waals surface area contributed by atoms with Gasteiger partial charge in [-0.2, -0.15) is 0 Å². The van der Waals surface area contributed by atoms with Crippen LogP contribution in [0.25, 0.3) is 0 Å². The maximum atomic E-state index is 13.1. The lowest BCUT2D eigenvalue weighted by Crippen LogP contribution is -2.30. The largest absolute Gasteiger partial charge is 0.472 e. The van der Waals surface area contributed by atoms with Crippen molar-refractivity contribution in [3.63, 3.8) is 0 Å². The standard InChI is InChI=1S/C87H142O17P2/c1-5-9-13-17-21-25-29-33-36-39-40-43-45-49-52-56-60-64-68-72-85(90)98-78-83(104-87(92)74-70-66-62-58-54-50-46-42-38-35-31-27-23-19-15-11-7-3)80-102-106(95,96)100-76-81(88)75-99-105(93,94)101-79-82(103-86(91)73-69-65-61-57-53-47-32-28-24-20-16-12-8-4)77-97-84(89)71-67-63-59-55-51-48-44-41-37-34-30-26-22-18-14-10-6-2/h9-11,13-15,21-23,25-27,33-38,40,43-44,48-49,52,55,59-60,64,81-83,88H,5-8,12,16-20,24,28-32,39,41-42,45-47,50-51,53-54,56-58,61-63,65-80H2,1-4H3,(H,93,94)(H,95,96)/b13-9-,14-10-,15-11-,25-21-,26-22-,27-23-,36-33-,37-34-,38-35-,43-40-,48-44-,52-49-,59-55-,64-60-. The van der Waals surface area contributed by atoms with Gasteiger partial charge < -0.3 is 33.8 Å². The number of unbranched alkanes of at least 4 members (excludes halogenated alkanes) is 20. The molecule has 0 heterocycles. The monoisotopic (exact) mass is 1520 g/mol. The molecule has 3 N–H and O–H groups in total. The van der Waals surface area contributed by atoms with Crippen molar-refractivity contribution < 1.29 is 80.2 Å². The lowest BCUT2D eigenvalue weighted by Gasteiger charge is -2.21. The maximum Gasteiger partial charge on any atom is 0.472 e. The van der Waals surface area contributed by atoms with Crippen LogP contribution in [0.4, 0.5) is 0 Å². The van der Waals surface area contributed by atoms with Crippen molar-refractivity contribution in [2.75, 3.05) is 39.6 Å². The lowest BCUT2D eigenvalue weighted by molar-refractivity contribution is -0.161. The van der Waals surface area contributed by atoms with Gasteiger partial charge in [-0.05, 0) is 135 Å². The highest BCUT2D eigenvalue weighted by molar-refractivity contribution is 7.47. The van der Waals surface area contributed by atoms with E-state index in [0.717, 1.165) is 154 Å². The average Bonchev–Trinajstić information content (AvgIpc) is 0.907. The van der Waals surface area contributed by atoms with Gasteiger partial charge in [0.2, 0.25) is 0 Å². The normalized spacial score (nSPS) is 14.7. The number of carbonyl (C=O) groups excluding carboxylic acids is 4. The average molecular weight is 1520 g/mol. The molecule has 602 valence electrons. The van der Waals surface area contributed by atoms with Gasteiger partial charge in [0.25, 0.3) is 0 Å². The summed E-state index contributed by atoms with van der Waals surface area (Å²) < 4.78 is 68.5. The molecular weight excluding hydrogens is 1380 g/mol. The summed E-state index contributed by atoms with van der Waals surface area (Å²) in [5.41, 5.74) is 0. The van der Waals surface area contributed by atoms with Crippen molar-refractivity contribution in [2.45, 2.75) is 316 Å². The number of carbonyl (C=O) groups is 4. The third-order valence-corrected chi connectivity index (χ3v) is 18.1. The van der Waals surface area contributed by atoms with Crippen LogP contribution in [0.15, 0.2) is 170 Å². The van der Waals surface area contributed by atoms with E-state index in [1.807, 2.05) is 30.4 Å². The summed E-state index contributed by atoms with van der Waals surface area (Å²) in [5, 5.41) is 10.6. The third kappa shape index (κ3) is 76.6. The van der Waals surface area contributed by atoms with Gasteiger partial charge in [0.15, 0.2) is 12.2 Å². The number of phosphoric ester groups is 2. The van der Waals surface area contributed by atoms with E-state index in [0.29, 0.717) is 38.5 Å². The van der Waals surface area contributed by atoms with Crippen LogP contribution in [0.1, 0.15) is 297 Å². The van der Waals surface area contributed by atoms with Crippen LogP contribution in [-0.4, -0.2) is 96.7 Å². The molecule has 0 spiro atoms. The van der Waals surface area contributed by atoms with Gasteiger partial charge in [0.1, 0.15) is 19.3 Å². The first-order valence-corrected chi connectivity index (χ1v) is 43.4.